The summed E-state index contributed by atoms with van der Waals surface area (Å²) >= 11 is 5.99. The third-order valence-electron chi connectivity index (χ3n) is 3.58. The molecule has 0 radical (unpaired) electrons. The fraction of sp³-hybridized carbons (Fsp3) is 0.500. The maximum atomic E-state index is 12.1. The highest BCUT2D eigenvalue weighted by Crippen LogP contribution is 2.22. The normalized spacial score (nSPS) is 17.2. The molecule has 6 heteroatoms. The highest BCUT2D eigenvalue weighted by atomic mass is 35.5. The Labute approximate surface area is 126 Å². The Bertz CT molecular complexity index is 536. The molecule has 2 rings (SSSR count). The van der Waals surface area contributed by atoms with E-state index in [1.54, 1.807) is 11.2 Å². The molecule has 110 valence electrons. The number of rotatable bonds is 3. The SMILES string of the molecule is C[C@@H](CNC(=O)N1CCc2ccc(Cl)cc2C1)[S@@](C)=O. The minimum atomic E-state index is -0.922. The number of urea groups is 1. The molecule has 0 bridgehead atoms. The summed E-state index contributed by atoms with van der Waals surface area (Å²) in [6.45, 7) is 3.57. The zero-order chi connectivity index (χ0) is 14.7. The Morgan fingerprint density at radius 2 is 2.25 bits per heavy atom. The lowest BCUT2D eigenvalue weighted by Gasteiger charge is -2.29. The van der Waals surface area contributed by atoms with Crippen LogP contribution >= 0.6 is 11.6 Å². The first-order chi connectivity index (χ1) is 9.47. The van der Waals surface area contributed by atoms with Crippen molar-refractivity contribution in [1.29, 1.82) is 0 Å². The average Bonchev–Trinajstić information content (AvgIpc) is 2.43. The van der Waals surface area contributed by atoms with Gasteiger partial charge in [-0.25, -0.2) is 4.79 Å². The van der Waals surface area contributed by atoms with E-state index in [-0.39, 0.29) is 11.3 Å². The molecule has 1 aliphatic rings. The van der Waals surface area contributed by atoms with E-state index in [4.69, 9.17) is 11.6 Å². The van der Waals surface area contributed by atoms with Crippen molar-refractivity contribution in [1.82, 2.24) is 10.2 Å². The lowest BCUT2D eigenvalue weighted by atomic mass is 10.0. The molecule has 2 amide bonds. The van der Waals surface area contributed by atoms with Gasteiger partial charge >= 0.3 is 6.03 Å². The van der Waals surface area contributed by atoms with Crippen LogP contribution in [0.5, 0.6) is 0 Å². The number of fused-ring (bicyclic) bond motifs is 1. The Morgan fingerprint density at radius 3 is 2.95 bits per heavy atom. The molecule has 1 aromatic rings. The van der Waals surface area contributed by atoms with E-state index in [0.29, 0.717) is 24.7 Å². The number of nitrogens with zero attached hydrogens (tertiary/aromatic N) is 1. The molecule has 4 nitrogen and oxygen atoms in total. The third-order valence-corrected chi connectivity index (χ3v) is 5.11. The predicted octanol–water partition coefficient (Wildman–Crippen LogP) is 2.17. The van der Waals surface area contributed by atoms with Crippen LogP contribution in [-0.4, -0.2) is 39.7 Å². The largest absolute Gasteiger partial charge is 0.337 e. The highest BCUT2D eigenvalue weighted by molar-refractivity contribution is 7.84. The van der Waals surface area contributed by atoms with Crippen molar-refractivity contribution in [2.24, 2.45) is 0 Å². The highest BCUT2D eigenvalue weighted by Gasteiger charge is 2.21. The second-order valence-electron chi connectivity index (χ2n) is 5.08. The molecular weight excluding hydrogens is 296 g/mol. The molecule has 20 heavy (non-hydrogen) atoms. The summed E-state index contributed by atoms with van der Waals surface area (Å²) in [5, 5.41) is 3.50. The van der Waals surface area contributed by atoms with Gasteiger partial charge in [0.25, 0.3) is 0 Å². The number of carbonyl (C=O) groups excluding carboxylic acids is 1. The Balaban J connectivity index is 1.95. The van der Waals surface area contributed by atoms with Gasteiger partial charge in [0.05, 0.1) is 0 Å². The summed E-state index contributed by atoms with van der Waals surface area (Å²) in [5.41, 5.74) is 2.35. The van der Waals surface area contributed by atoms with Crippen molar-refractivity contribution in [3.8, 4) is 0 Å². The van der Waals surface area contributed by atoms with E-state index in [0.717, 1.165) is 12.0 Å². The number of benzene rings is 1. The van der Waals surface area contributed by atoms with Crippen LogP contribution in [0.4, 0.5) is 4.79 Å². The zero-order valence-electron chi connectivity index (χ0n) is 11.7. The maximum absolute atomic E-state index is 12.1. The van der Waals surface area contributed by atoms with Crippen LogP contribution in [0.15, 0.2) is 18.2 Å². The van der Waals surface area contributed by atoms with Gasteiger partial charge < -0.3 is 10.2 Å². The van der Waals surface area contributed by atoms with Crippen LogP contribution in [0.2, 0.25) is 5.02 Å². The molecule has 0 fully saturated rings. The van der Waals surface area contributed by atoms with Gasteiger partial charge in [0.15, 0.2) is 0 Å². The van der Waals surface area contributed by atoms with Gasteiger partial charge in [-0.1, -0.05) is 17.7 Å². The zero-order valence-corrected chi connectivity index (χ0v) is 13.3. The molecule has 0 aromatic heterocycles. The van der Waals surface area contributed by atoms with Gasteiger partial charge in [-0.05, 0) is 36.6 Å². The average molecular weight is 315 g/mol. The van der Waals surface area contributed by atoms with E-state index in [1.165, 1.54) is 5.56 Å². The molecule has 0 saturated carbocycles. The van der Waals surface area contributed by atoms with Crippen molar-refractivity contribution in [2.45, 2.75) is 25.1 Å². The number of nitrogens with one attached hydrogen (secondary N) is 1. The molecule has 2 atom stereocenters. The van der Waals surface area contributed by atoms with Crippen LogP contribution < -0.4 is 5.32 Å². The van der Waals surface area contributed by atoms with Crippen molar-refractivity contribution < 1.29 is 9.00 Å². The van der Waals surface area contributed by atoms with Crippen LogP contribution in [-0.2, 0) is 23.8 Å². The molecule has 0 unspecified atom stereocenters. The van der Waals surface area contributed by atoms with E-state index < -0.39 is 10.8 Å². The second-order valence-corrected chi connectivity index (χ2v) is 7.32. The minimum Gasteiger partial charge on any atom is -0.337 e. The van der Waals surface area contributed by atoms with Gasteiger partial charge in [0.2, 0.25) is 0 Å². The first kappa shape index (κ1) is 15.3. The summed E-state index contributed by atoms with van der Waals surface area (Å²) < 4.78 is 11.3. The van der Waals surface area contributed by atoms with E-state index in [1.807, 2.05) is 25.1 Å². The molecular formula is C14H19ClN2O2S. The fourth-order valence-corrected chi connectivity index (χ4v) is 2.67. The van der Waals surface area contributed by atoms with Gasteiger partial charge in [-0.2, -0.15) is 0 Å². The lowest BCUT2D eigenvalue weighted by molar-refractivity contribution is 0.192. The molecule has 1 aromatic carbocycles. The van der Waals surface area contributed by atoms with Crippen molar-refractivity contribution in [3.63, 3.8) is 0 Å². The number of halogens is 1. The number of amides is 2. The van der Waals surface area contributed by atoms with Gasteiger partial charge in [-0.15, -0.1) is 0 Å². The first-order valence-electron chi connectivity index (χ1n) is 6.59. The van der Waals surface area contributed by atoms with E-state index in [2.05, 4.69) is 5.32 Å². The van der Waals surface area contributed by atoms with Gasteiger partial charge in [0.1, 0.15) is 0 Å². The summed E-state index contributed by atoms with van der Waals surface area (Å²) in [6, 6.07) is 5.72. The number of hydrogen-bond acceptors (Lipinski definition) is 2. The monoisotopic (exact) mass is 314 g/mol. The number of hydrogen-bond donors (Lipinski definition) is 1. The summed E-state index contributed by atoms with van der Waals surface area (Å²) in [4.78, 5) is 13.9. The molecule has 0 saturated heterocycles. The van der Waals surface area contributed by atoms with E-state index in [9.17, 15) is 9.00 Å². The van der Waals surface area contributed by atoms with Crippen LogP contribution in [0.1, 0.15) is 18.1 Å². The topological polar surface area (TPSA) is 49.4 Å². The van der Waals surface area contributed by atoms with Crippen LogP contribution in [0, 0.1) is 0 Å². The maximum Gasteiger partial charge on any atom is 0.317 e. The Kier molecular flexibility index (Phi) is 5.05. The van der Waals surface area contributed by atoms with E-state index >= 15 is 0 Å². The van der Waals surface area contributed by atoms with Gasteiger partial charge in [0, 0.05) is 47.0 Å². The summed E-state index contributed by atoms with van der Waals surface area (Å²) in [6.07, 6.45) is 2.49. The molecule has 0 spiro atoms. The van der Waals surface area contributed by atoms with Crippen molar-refractivity contribution in [3.05, 3.63) is 34.3 Å². The van der Waals surface area contributed by atoms with Crippen LogP contribution in [0.3, 0.4) is 0 Å². The molecule has 1 aliphatic heterocycles. The minimum absolute atomic E-state index is 0.0366. The van der Waals surface area contributed by atoms with Crippen LogP contribution in [0.25, 0.3) is 0 Å². The van der Waals surface area contributed by atoms with Crippen molar-refractivity contribution >= 4 is 28.4 Å². The quantitative estimate of drug-likeness (QED) is 0.929. The molecule has 1 N–H and O–H groups in total. The molecule has 0 aliphatic carbocycles. The molecule has 1 heterocycles. The Morgan fingerprint density at radius 1 is 1.50 bits per heavy atom. The lowest BCUT2D eigenvalue weighted by Crippen LogP contribution is -2.45. The smallest absolute Gasteiger partial charge is 0.317 e. The van der Waals surface area contributed by atoms with Crippen molar-refractivity contribution in [2.75, 3.05) is 19.3 Å². The third kappa shape index (κ3) is 3.73. The summed E-state index contributed by atoms with van der Waals surface area (Å²) in [5.74, 6) is 0. The predicted molar refractivity (Wildman–Crippen MR) is 82.5 cm³/mol. The summed E-state index contributed by atoms with van der Waals surface area (Å²) in [7, 11) is -0.922. The number of carbonyl (C=O) groups is 1. The second kappa shape index (κ2) is 6.59. The fourth-order valence-electron chi connectivity index (χ4n) is 2.16. The first-order valence-corrected chi connectivity index (χ1v) is 8.59. The van der Waals surface area contributed by atoms with Gasteiger partial charge in [-0.3, -0.25) is 4.21 Å². The Hall–Kier alpha value is -1.07. The standard InChI is InChI=1S/C14H19ClN2O2S/c1-10(20(2)19)8-16-14(18)17-6-5-11-3-4-13(15)7-12(11)9-17/h3-4,7,10H,5-6,8-9H2,1-2H3,(H,16,18)/t10-,20+/m0/s1.